The van der Waals surface area contributed by atoms with Gasteiger partial charge in [-0.15, -0.1) is 0 Å². The monoisotopic (exact) mass is 878 g/mol. The Hall–Kier alpha value is -1.59. The van der Waals surface area contributed by atoms with Crippen molar-refractivity contribution >= 4 is 5.91 Å². The Kier molecular flexibility index (Phi) is 40.8. The smallest absolute Gasteiger partial charge is 0.220 e. The van der Waals surface area contributed by atoms with Gasteiger partial charge in [0.1, 0.15) is 24.4 Å². The molecule has 0 radical (unpaired) electrons. The van der Waals surface area contributed by atoms with E-state index < -0.39 is 49.5 Å². The first-order valence-corrected chi connectivity index (χ1v) is 26.2. The highest BCUT2D eigenvalue weighted by Gasteiger charge is 2.44. The van der Waals surface area contributed by atoms with Crippen molar-refractivity contribution < 1.29 is 39.8 Å². The fraction of sp³-hybridized carbons (Fsp3) is 0.868. The normalized spacial score (nSPS) is 20.5. The van der Waals surface area contributed by atoms with E-state index in [1.165, 1.54) is 167 Å². The number of unbranched alkanes of at least 4 members (excludes halogenated alkanes) is 30. The van der Waals surface area contributed by atoms with E-state index in [0.717, 1.165) is 51.4 Å². The average molecular weight is 878 g/mol. The summed E-state index contributed by atoms with van der Waals surface area (Å²) in [6, 6.07) is -0.823. The highest BCUT2D eigenvalue weighted by molar-refractivity contribution is 5.76. The summed E-state index contributed by atoms with van der Waals surface area (Å²) in [5.41, 5.74) is 0. The molecule has 1 heterocycles. The van der Waals surface area contributed by atoms with Gasteiger partial charge in [0.25, 0.3) is 0 Å². The van der Waals surface area contributed by atoms with Crippen LogP contribution in [-0.4, -0.2) is 87.5 Å². The van der Waals surface area contributed by atoms with Gasteiger partial charge in [0.05, 0.1) is 25.4 Å². The molecule has 7 unspecified atom stereocenters. The summed E-state index contributed by atoms with van der Waals surface area (Å²) in [6.45, 7) is 3.64. The van der Waals surface area contributed by atoms with Gasteiger partial charge >= 0.3 is 0 Å². The first kappa shape index (κ1) is 58.4. The summed E-state index contributed by atoms with van der Waals surface area (Å²) in [6.07, 6.45) is 48.1. The SMILES string of the molecule is CC/C=C/CC/C=C/CC/C=C/C(O)C(COC1OC(CO)C(O)C(O)C1O)NC(=O)CCCCCCCCCCCCCCCCCCCCCCCCCCCCCCC. The number of allylic oxidation sites excluding steroid dienone is 5. The number of carbonyl (C=O) groups excluding carboxylic acids is 1. The largest absolute Gasteiger partial charge is 0.394 e. The van der Waals surface area contributed by atoms with Crippen LogP contribution in [0.1, 0.15) is 239 Å². The number of aliphatic hydroxyl groups excluding tert-OH is 5. The number of hydrogen-bond acceptors (Lipinski definition) is 8. The van der Waals surface area contributed by atoms with Crippen LogP contribution in [0.5, 0.6) is 0 Å². The summed E-state index contributed by atoms with van der Waals surface area (Å²) in [5, 5.41) is 54.1. The second-order valence-corrected chi connectivity index (χ2v) is 18.3. The van der Waals surface area contributed by atoms with Crippen molar-refractivity contribution in [3.8, 4) is 0 Å². The standard InChI is InChI=1S/C53H99NO8/c1-3-5-7-9-11-13-15-16-17-18-19-20-21-22-23-24-25-26-27-28-29-30-31-32-33-35-37-39-41-43-49(57)54-46(45-61-53-52(60)51(59)50(58)48(44-55)62-53)47(56)42-40-38-36-34-14-12-10-8-6-4-2/h6,8,14,34,40,42,46-48,50-53,55-56,58-60H,3-5,7,9-13,15-33,35-39,41,43-45H2,1-2H3,(H,54,57)/b8-6+,34-14+,42-40+. The van der Waals surface area contributed by atoms with Gasteiger partial charge in [0.15, 0.2) is 6.29 Å². The van der Waals surface area contributed by atoms with Crippen molar-refractivity contribution in [2.75, 3.05) is 13.2 Å². The minimum absolute atomic E-state index is 0.190. The van der Waals surface area contributed by atoms with E-state index in [-0.39, 0.29) is 12.5 Å². The number of hydrogen-bond donors (Lipinski definition) is 6. The van der Waals surface area contributed by atoms with E-state index >= 15 is 0 Å². The van der Waals surface area contributed by atoms with E-state index in [1.54, 1.807) is 6.08 Å². The molecule has 6 N–H and O–H groups in total. The molecular formula is C53H99NO8. The molecule has 0 aromatic heterocycles. The van der Waals surface area contributed by atoms with Gasteiger partial charge in [-0.25, -0.2) is 0 Å². The maximum atomic E-state index is 13.0. The van der Waals surface area contributed by atoms with Gasteiger partial charge in [-0.2, -0.15) is 0 Å². The molecule has 7 atom stereocenters. The molecule has 0 aromatic rings. The third-order valence-corrected chi connectivity index (χ3v) is 12.5. The molecule has 1 aliphatic rings. The van der Waals surface area contributed by atoms with Crippen molar-refractivity contribution in [2.24, 2.45) is 0 Å². The molecular weight excluding hydrogens is 779 g/mol. The first-order valence-electron chi connectivity index (χ1n) is 26.2. The van der Waals surface area contributed by atoms with Crippen LogP contribution in [0.3, 0.4) is 0 Å². The molecule has 1 amide bonds. The third kappa shape index (κ3) is 33.0. The van der Waals surface area contributed by atoms with Gasteiger partial charge in [0, 0.05) is 6.42 Å². The number of amides is 1. The fourth-order valence-electron chi connectivity index (χ4n) is 8.31. The van der Waals surface area contributed by atoms with Gasteiger partial charge in [0.2, 0.25) is 5.91 Å². The van der Waals surface area contributed by atoms with Crippen LogP contribution in [-0.2, 0) is 14.3 Å². The lowest BCUT2D eigenvalue weighted by molar-refractivity contribution is -0.302. The molecule has 62 heavy (non-hydrogen) atoms. The highest BCUT2D eigenvalue weighted by Crippen LogP contribution is 2.23. The van der Waals surface area contributed by atoms with Crippen LogP contribution < -0.4 is 5.32 Å². The summed E-state index contributed by atoms with van der Waals surface area (Å²) in [4.78, 5) is 13.0. The molecule has 1 fully saturated rings. The first-order chi connectivity index (χ1) is 30.3. The highest BCUT2D eigenvalue weighted by atomic mass is 16.7. The summed E-state index contributed by atoms with van der Waals surface area (Å²) >= 11 is 0. The number of aliphatic hydroxyl groups is 5. The van der Waals surface area contributed by atoms with Gasteiger partial charge in [-0.05, 0) is 38.5 Å². The number of carbonyl (C=O) groups is 1. The van der Waals surface area contributed by atoms with Crippen molar-refractivity contribution in [2.45, 2.75) is 281 Å². The predicted octanol–water partition coefficient (Wildman–Crippen LogP) is 12.0. The average Bonchev–Trinajstić information content (AvgIpc) is 3.27. The third-order valence-electron chi connectivity index (χ3n) is 12.5. The van der Waals surface area contributed by atoms with E-state index in [2.05, 4.69) is 43.5 Å². The van der Waals surface area contributed by atoms with Crippen molar-refractivity contribution in [1.82, 2.24) is 5.32 Å². The lowest BCUT2D eigenvalue weighted by Crippen LogP contribution is -2.60. The summed E-state index contributed by atoms with van der Waals surface area (Å²) in [5.74, 6) is -0.190. The second-order valence-electron chi connectivity index (χ2n) is 18.3. The van der Waals surface area contributed by atoms with Crippen LogP contribution in [0.4, 0.5) is 0 Å². The van der Waals surface area contributed by atoms with Crippen molar-refractivity contribution in [1.29, 1.82) is 0 Å². The van der Waals surface area contributed by atoms with E-state index in [0.29, 0.717) is 6.42 Å². The molecule has 0 saturated carbocycles. The molecule has 0 spiro atoms. The number of ether oxygens (including phenoxy) is 2. The Morgan fingerprint density at radius 3 is 1.34 bits per heavy atom. The van der Waals surface area contributed by atoms with Gasteiger partial charge in [-0.1, -0.05) is 230 Å². The van der Waals surface area contributed by atoms with Gasteiger partial charge < -0.3 is 40.3 Å². The minimum Gasteiger partial charge on any atom is -0.394 e. The molecule has 0 aromatic carbocycles. The molecule has 0 aliphatic carbocycles. The lowest BCUT2D eigenvalue weighted by atomic mass is 9.99. The Bertz CT molecular complexity index is 1070. The van der Waals surface area contributed by atoms with Crippen LogP contribution in [0.15, 0.2) is 36.5 Å². The predicted molar refractivity (Wildman–Crippen MR) is 258 cm³/mol. The minimum atomic E-state index is -1.57. The molecule has 9 heteroatoms. The zero-order valence-corrected chi connectivity index (χ0v) is 40.1. The second kappa shape index (κ2) is 43.3. The number of nitrogens with one attached hydrogen (secondary N) is 1. The van der Waals surface area contributed by atoms with Crippen LogP contribution in [0.2, 0.25) is 0 Å². The van der Waals surface area contributed by atoms with Gasteiger partial charge in [-0.3, -0.25) is 4.79 Å². The Morgan fingerprint density at radius 1 is 0.548 bits per heavy atom. The zero-order chi connectivity index (χ0) is 45.1. The molecule has 364 valence electrons. The van der Waals surface area contributed by atoms with Crippen LogP contribution >= 0.6 is 0 Å². The lowest BCUT2D eigenvalue weighted by Gasteiger charge is -2.40. The van der Waals surface area contributed by atoms with Crippen molar-refractivity contribution in [3.63, 3.8) is 0 Å². The molecule has 1 aliphatic heterocycles. The zero-order valence-electron chi connectivity index (χ0n) is 40.1. The Balaban J connectivity index is 2.13. The van der Waals surface area contributed by atoms with Crippen LogP contribution in [0.25, 0.3) is 0 Å². The topological polar surface area (TPSA) is 149 Å². The summed E-state index contributed by atoms with van der Waals surface area (Å²) < 4.78 is 11.2. The number of rotatable bonds is 44. The molecule has 9 nitrogen and oxygen atoms in total. The maximum absolute atomic E-state index is 13.0. The molecule has 0 bridgehead atoms. The van der Waals surface area contributed by atoms with E-state index in [9.17, 15) is 30.3 Å². The molecule has 1 saturated heterocycles. The quantitative estimate of drug-likeness (QED) is 0.0262. The van der Waals surface area contributed by atoms with E-state index in [1.807, 2.05) is 6.08 Å². The molecule has 1 rings (SSSR count). The summed E-state index contributed by atoms with van der Waals surface area (Å²) in [7, 11) is 0. The van der Waals surface area contributed by atoms with E-state index in [4.69, 9.17) is 9.47 Å². The fourth-order valence-corrected chi connectivity index (χ4v) is 8.31. The van der Waals surface area contributed by atoms with Crippen molar-refractivity contribution in [3.05, 3.63) is 36.5 Å². The maximum Gasteiger partial charge on any atom is 0.220 e. The Labute approximate surface area is 381 Å². The van der Waals surface area contributed by atoms with Crippen LogP contribution in [0, 0.1) is 0 Å². The Morgan fingerprint density at radius 2 is 0.935 bits per heavy atom.